The van der Waals surface area contributed by atoms with Crippen LogP contribution in [0.5, 0.6) is 5.75 Å². The normalized spacial score (nSPS) is 19.0. The highest BCUT2D eigenvalue weighted by Crippen LogP contribution is 2.27. The number of aromatic hydroxyl groups is 1. The van der Waals surface area contributed by atoms with Crippen molar-refractivity contribution in [3.8, 4) is 5.75 Å². The average molecular weight is 695 g/mol. The number of urea groups is 1. The summed E-state index contributed by atoms with van der Waals surface area (Å²) in [5.74, 6) is 0.762. The Kier molecular flexibility index (Phi) is 10.8. The summed E-state index contributed by atoms with van der Waals surface area (Å²) in [6, 6.07) is 11.6. The van der Waals surface area contributed by atoms with E-state index >= 15 is 0 Å². The summed E-state index contributed by atoms with van der Waals surface area (Å²) in [6.07, 6.45) is 3.49. The molecule has 3 aliphatic rings. The summed E-state index contributed by atoms with van der Waals surface area (Å²) in [4.78, 5) is 59.7. The lowest BCUT2D eigenvalue weighted by Gasteiger charge is -2.37. The molecule has 4 amide bonds. The van der Waals surface area contributed by atoms with Crippen LogP contribution in [0.3, 0.4) is 0 Å². The number of nitrogens with one attached hydrogen (secondary N) is 1. The number of phenols is 1. The van der Waals surface area contributed by atoms with Crippen molar-refractivity contribution >= 4 is 51.5 Å². The van der Waals surface area contributed by atoms with Crippen LogP contribution in [-0.4, -0.2) is 99.2 Å². The zero-order chi connectivity index (χ0) is 32.6. The molecule has 3 heterocycles. The van der Waals surface area contributed by atoms with E-state index in [9.17, 15) is 29.4 Å². The molecule has 13 heteroatoms. The van der Waals surface area contributed by atoms with E-state index < -0.39 is 30.1 Å². The van der Waals surface area contributed by atoms with Crippen molar-refractivity contribution < 1.29 is 34.1 Å². The number of hydrogen-bond donors (Lipinski definition) is 3. The summed E-state index contributed by atoms with van der Waals surface area (Å²) in [6.45, 7) is 1.81. The Morgan fingerprint density at radius 2 is 1.87 bits per heavy atom. The fraction of sp³-hybridized carbons (Fsp3) is 0.424. The molecule has 0 spiro atoms. The number of ether oxygens (including phenoxy) is 1. The zero-order valence-corrected chi connectivity index (χ0v) is 26.8. The summed E-state index contributed by atoms with van der Waals surface area (Å²) in [7, 11) is 0. The fourth-order valence-corrected chi connectivity index (χ4v) is 6.44. The first-order valence-electron chi connectivity index (χ1n) is 15.3. The number of piperidine rings is 2. The Balaban J connectivity index is 1.23. The average Bonchev–Trinajstić information content (AvgIpc) is 3.22. The van der Waals surface area contributed by atoms with Crippen molar-refractivity contribution in [1.29, 1.82) is 0 Å². The van der Waals surface area contributed by atoms with E-state index in [1.165, 1.54) is 17.2 Å². The maximum atomic E-state index is 13.3. The first kappa shape index (κ1) is 32.8. The lowest BCUT2D eigenvalue weighted by Crippen LogP contribution is -2.50. The highest BCUT2D eigenvalue weighted by atomic mass is 79.9. The van der Waals surface area contributed by atoms with Gasteiger partial charge in [-0.05, 0) is 89.5 Å². The standard InChI is InChI=1S/C33H36BrN5O7/c34-25-20-22(9-10-28(25)40)21-29(30(41)35-14-5-16-37-15-4-3-8-27(37)31(42)43)46-33(45)38-17-12-24(13-18-38)39-19-11-23-6-1-2-7-26(23)36-32(39)44/h1-2,6-7,9-10,16,20,24,27,29,40H,3-4,8,11-13,15,17-19,21H2,(H,36,44)(H,42,43)/t27-,29+/m0/s1. The minimum Gasteiger partial charge on any atom is -0.507 e. The maximum Gasteiger partial charge on any atom is 0.410 e. The van der Waals surface area contributed by atoms with Gasteiger partial charge in [0.25, 0.3) is 5.91 Å². The van der Waals surface area contributed by atoms with Gasteiger partial charge in [-0.2, -0.15) is 4.99 Å². The predicted molar refractivity (Wildman–Crippen MR) is 173 cm³/mol. The number of benzene rings is 2. The van der Waals surface area contributed by atoms with Crippen LogP contribution in [0.25, 0.3) is 0 Å². The molecular formula is C33H36BrN5O7. The van der Waals surface area contributed by atoms with Crippen LogP contribution in [0, 0.1) is 0 Å². The molecule has 5 rings (SSSR count). The number of carbonyl (C=O) groups is 4. The number of para-hydroxylation sites is 1. The molecule has 2 fully saturated rings. The number of amides is 4. The second-order valence-electron chi connectivity index (χ2n) is 11.5. The van der Waals surface area contributed by atoms with E-state index in [4.69, 9.17) is 4.74 Å². The number of rotatable bonds is 7. The number of aliphatic carboxylic acids is 1. The van der Waals surface area contributed by atoms with Crippen molar-refractivity contribution in [1.82, 2.24) is 14.7 Å². The van der Waals surface area contributed by atoms with Gasteiger partial charge in [-0.15, -0.1) is 0 Å². The van der Waals surface area contributed by atoms with Crippen LogP contribution in [-0.2, 0) is 27.2 Å². The summed E-state index contributed by atoms with van der Waals surface area (Å²) in [5.41, 5.74) is 5.16. The number of halogens is 1. The van der Waals surface area contributed by atoms with E-state index in [-0.39, 0.29) is 24.2 Å². The third-order valence-electron chi connectivity index (χ3n) is 8.55. The molecule has 2 saturated heterocycles. The van der Waals surface area contributed by atoms with Gasteiger partial charge in [0.05, 0.1) is 10.7 Å². The van der Waals surface area contributed by atoms with E-state index in [1.54, 1.807) is 17.0 Å². The number of carboxylic acid groups (broad SMARTS) is 1. The number of hydrogen-bond acceptors (Lipinski definition) is 7. The van der Waals surface area contributed by atoms with Crippen LogP contribution < -0.4 is 5.32 Å². The largest absolute Gasteiger partial charge is 0.507 e. The summed E-state index contributed by atoms with van der Waals surface area (Å²) < 4.78 is 6.11. The molecule has 242 valence electrons. The molecule has 0 radical (unpaired) electrons. The highest BCUT2D eigenvalue weighted by molar-refractivity contribution is 9.10. The van der Waals surface area contributed by atoms with Crippen LogP contribution in [0.1, 0.15) is 43.2 Å². The Hall–Kier alpha value is -4.57. The molecule has 0 saturated carbocycles. The third-order valence-corrected chi connectivity index (χ3v) is 9.18. The molecule has 3 aliphatic heterocycles. The summed E-state index contributed by atoms with van der Waals surface area (Å²) in [5, 5.41) is 22.3. The lowest BCUT2D eigenvalue weighted by atomic mass is 10.0. The van der Waals surface area contributed by atoms with E-state index in [1.807, 2.05) is 29.2 Å². The number of phenolic OH excluding ortho intramolecular Hbond substituents is 1. The van der Waals surface area contributed by atoms with Gasteiger partial charge in [0.1, 0.15) is 11.8 Å². The van der Waals surface area contributed by atoms with Gasteiger partial charge < -0.3 is 35.0 Å². The van der Waals surface area contributed by atoms with Crippen LogP contribution in [0.4, 0.5) is 15.3 Å². The third kappa shape index (κ3) is 8.17. The van der Waals surface area contributed by atoms with Gasteiger partial charge in [0.15, 0.2) is 6.10 Å². The number of carboxylic acids is 1. The topological polar surface area (TPSA) is 152 Å². The number of carbonyl (C=O) groups excluding carboxylic acids is 3. The molecule has 3 N–H and O–H groups in total. The smallest absolute Gasteiger partial charge is 0.410 e. The minimum atomic E-state index is -1.28. The molecule has 0 bridgehead atoms. The Labute approximate surface area is 275 Å². The Morgan fingerprint density at radius 3 is 2.63 bits per heavy atom. The van der Waals surface area contributed by atoms with Gasteiger partial charge in [0.2, 0.25) is 0 Å². The van der Waals surface area contributed by atoms with Crippen molar-refractivity contribution in [3.05, 3.63) is 70.0 Å². The van der Waals surface area contributed by atoms with Crippen molar-refractivity contribution in [2.24, 2.45) is 4.99 Å². The number of aliphatic imine (C=N–C) groups is 1. The van der Waals surface area contributed by atoms with E-state index in [2.05, 4.69) is 37.8 Å². The van der Waals surface area contributed by atoms with Crippen molar-refractivity contribution in [2.75, 3.05) is 31.5 Å². The fourth-order valence-electron chi connectivity index (χ4n) is 6.01. The molecule has 2 atom stereocenters. The molecule has 0 aromatic heterocycles. The SMILES string of the molecule is O=C(N=C=C=CN1CCCC[C@H]1C(=O)O)[C@@H](Cc1ccc(O)c(Br)c1)OC(=O)N1CCC(N2CCc3ccccc3NC2=O)CC1. The minimum absolute atomic E-state index is 0.00344. The molecular weight excluding hydrogens is 658 g/mol. The molecule has 0 aliphatic carbocycles. The maximum absolute atomic E-state index is 13.3. The predicted octanol–water partition coefficient (Wildman–Crippen LogP) is 4.56. The van der Waals surface area contributed by atoms with Gasteiger partial charge >= 0.3 is 18.1 Å². The van der Waals surface area contributed by atoms with E-state index in [0.717, 1.165) is 30.5 Å². The van der Waals surface area contributed by atoms with Crippen LogP contribution in [0.2, 0.25) is 0 Å². The Bertz CT molecular complexity index is 1580. The van der Waals surface area contributed by atoms with Crippen LogP contribution >= 0.6 is 15.9 Å². The first-order valence-corrected chi connectivity index (χ1v) is 16.1. The second-order valence-corrected chi connectivity index (χ2v) is 12.4. The second kappa shape index (κ2) is 15.1. The van der Waals surface area contributed by atoms with Crippen molar-refractivity contribution in [3.63, 3.8) is 0 Å². The van der Waals surface area contributed by atoms with Gasteiger partial charge in [-0.1, -0.05) is 24.3 Å². The van der Waals surface area contributed by atoms with E-state index in [0.29, 0.717) is 55.5 Å². The molecule has 46 heavy (non-hydrogen) atoms. The summed E-state index contributed by atoms with van der Waals surface area (Å²) >= 11 is 3.27. The monoisotopic (exact) mass is 693 g/mol. The number of nitrogens with zero attached hydrogens (tertiary/aromatic N) is 4. The lowest BCUT2D eigenvalue weighted by molar-refractivity contribution is -0.143. The number of fused-ring (bicyclic) bond motifs is 1. The number of likely N-dealkylation sites (tertiary alicyclic amines) is 2. The van der Waals surface area contributed by atoms with Crippen molar-refractivity contribution in [2.45, 2.75) is 63.1 Å². The molecule has 2 aromatic carbocycles. The Morgan fingerprint density at radius 1 is 1.09 bits per heavy atom. The van der Waals surface area contributed by atoms with Gasteiger partial charge in [-0.25, -0.2) is 14.4 Å². The molecule has 0 unspecified atom stereocenters. The van der Waals surface area contributed by atoms with Gasteiger partial charge in [-0.3, -0.25) is 4.79 Å². The number of anilines is 1. The highest BCUT2D eigenvalue weighted by Gasteiger charge is 2.33. The quantitative estimate of drug-likeness (QED) is 0.282. The van der Waals surface area contributed by atoms with Crippen LogP contribution in [0.15, 0.2) is 63.9 Å². The molecule has 12 nitrogen and oxygen atoms in total. The first-order chi connectivity index (χ1) is 22.2. The van der Waals surface area contributed by atoms with Gasteiger partial charge in [0, 0.05) is 50.2 Å². The zero-order valence-electron chi connectivity index (χ0n) is 25.2. The molecule has 2 aromatic rings.